The quantitative estimate of drug-likeness (QED) is 0.677. The van der Waals surface area contributed by atoms with Crippen molar-refractivity contribution in [3.63, 3.8) is 0 Å². The van der Waals surface area contributed by atoms with Crippen LogP contribution >= 0.6 is 12.4 Å². The number of benzene rings is 2. The van der Waals surface area contributed by atoms with Crippen LogP contribution in [0.2, 0.25) is 0 Å². The van der Waals surface area contributed by atoms with Crippen molar-refractivity contribution in [3.8, 4) is 0 Å². The van der Waals surface area contributed by atoms with E-state index in [0.29, 0.717) is 37.6 Å². The lowest BCUT2D eigenvalue weighted by Gasteiger charge is -2.43. The van der Waals surface area contributed by atoms with Gasteiger partial charge < -0.3 is 15.8 Å². The van der Waals surface area contributed by atoms with Crippen LogP contribution in [0.3, 0.4) is 0 Å². The van der Waals surface area contributed by atoms with Gasteiger partial charge in [0, 0.05) is 18.5 Å². The lowest BCUT2D eigenvalue weighted by molar-refractivity contribution is -0.128. The maximum atomic E-state index is 12.7. The summed E-state index contributed by atoms with van der Waals surface area (Å²) in [5.74, 6) is 1.40. The number of nitrogens with two attached hydrogens (primary N) is 1. The van der Waals surface area contributed by atoms with Crippen molar-refractivity contribution in [2.45, 2.75) is 57.9 Å². The van der Waals surface area contributed by atoms with Crippen LogP contribution in [0.15, 0.2) is 54.6 Å². The maximum Gasteiger partial charge on any atom is 0.223 e. The number of carbonyl (C=O) groups is 1. The molecule has 2 unspecified atom stereocenters. The molecule has 2 aliphatic rings. The number of ether oxygens (including phenoxy) is 1. The van der Waals surface area contributed by atoms with E-state index in [1.165, 1.54) is 24.8 Å². The minimum atomic E-state index is 0. The second-order valence-electron chi connectivity index (χ2n) is 8.71. The molecule has 4 nitrogen and oxygen atoms in total. The first-order chi connectivity index (χ1) is 14.2. The molecular formula is C25H33ClN2O2. The van der Waals surface area contributed by atoms with Crippen LogP contribution in [-0.4, -0.2) is 11.9 Å². The van der Waals surface area contributed by atoms with Crippen LogP contribution < -0.4 is 11.1 Å². The number of fused-ring (bicyclic) bond motifs is 2. The highest BCUT2D eigenvalue weighted by atomic mass is 35.5. The van der Waals surface area contributed by atoms with Crippen molar-refractivity contribution in [2.75, 3.05) is 0 Å². The molecule has 2 aromatic carbocycles. The zero-order valence-electron chi connectivity index (χ0n) is 17.5. The van der Waals surface area contributed by atoms with Gasteiger partial charge in [0.15, 0.2) is 0 Å². The van der Waals surface area contributed by atoms with Crippen LogP contribution in [0.25, 0.3) is 0 Å². The Morgan fingerprint density at radius 1 is 0.900 bits per heavy atom. The molecule has 1 amide bonds. The van der Waals surface area contributed by atoms with Crippen molar-refractivity contribution in [1.82, 2.24) is 5.32 Å². The van der Waals surface area contributed by atoms with Gasteiger partial charge in [-0.3, -0.25) is 4.79 Å². The average Bonchev–Trinajstić information content (AvgIpc) is 2.73. The van der Waals surface area contributed by atoms with Crippen LogP contribution in [0, 0.1) is 17.8 Å². The summed E-state index contributed by atoms with van der Waals surface area (Å²) < 4.78 is 5.79. The Kier molecular flexibility index (Phi) is 8.32. The molecule has 0 heterocycles. The summed E-state index contributed by atoms with van der Waals surface area (Å²) >= 11 is 0. The second kappa shape index (κ2) is 10.9. The molecule has 2 fully saturated rings. The Labute approximate surface area is 186 Å². The second-order valence-corrected chi connectivity index (χ2v) is 8.71. The van der Waals surface area contributed by atoms with Gasteiger partial charge in [-0.05, 0) is 54.2 Å². The summed E-state index contributed by atoms with van der Waals surface area (Å²) in [6, 6.07) is 18.8. The molecule has 2 bridgehead atoms. The molecule has 0 radical (unpaired) electrons. The molecule has 0 aliphatic heterocycles. The normalized spacial score (nSPS) is 25.2. The standard InChI is InChI=1S/C25H32N2O2.ClH/c26-24-21-7-4-8-22(24)14-23(13-21)25(28)27-15-18-9-11-20(12-10-18)17-29-16-19-5-2-1-3-6-19;/h1-3,5-6,9-12,21-24H,4,7-8,13-17,26H2,(H,27,28);1H. The van der Waals surface area contributed by atoms with E-state index in [1.54, 1.807) is 0 Å². The smallest absolute Gasteiger partial charge is 0.223 e. The number of carbonyl (C=O) groups excluding carboxylic acids is 1. The lowest BCUT2D eigenvalue weighted by Crippen LogP contribution is -2.49. The van der Waals surface area contributed by atoms with Crippen LogP contribution in [-0.2, 0) is 29.3 Å². The Hall–Kier alpha value is -1.88. The van der Waals surface area contributed by atoms with E-state index in [4.69, 9.17) is 10.5 Å². The largest absolute Gasteiger partial charge is 0.372 e. The number of rotatable bonds is 7. The summed E-state index contributed by atoms with van der Waals surface area (Å²) in [4.78, 5) is 12.7. The SMILES string of the molecule is Cl.NC1C2CCCC1CC(C(=O)NCc1ccc(COCc3ccccc3)cc1)C2. The van der Waals surface area contributed by atoms with Gasteiger partial charge in [-0.25, -0.2) is 0 Å². The van der Waals surface area contributed by atoms with Gasteiger partial charge in [0.25, 0.3) is 0 Å². The summed E-state index contributed by atoms with van der Waals surface area (Å²) in [6.45, 7) is 1.79. The topological polar surface area (TPSA) is 64.4 Å². The van der Waals surface area contributed by atoms with E-state index >= 15 is 0 Å². The molecule has 4 rings (SSSR count). The maximum absolute atomic E-state index is 12.7. The molecular weight excluding hydrogens is 396 g/mol. The molecule has 3 N–H and O–H groups in total. The van der Waals surface area contributed by atoms with Gasteiger partial charge in [-0.1, -0.05) is 61.0 Å². The monoisotopic (exact) mass is 428 g/mol. The van der Waals surface area contributed by atoms with Gasteiger partial charge in [0.1, 0.15) is 0 Å². The predicted molar refractivity (Wildman–Crippen MR) is 122 cm³/mol. The van der Waals surface area contributed by atoms with Crippen molar-refractivity contribution in [2.24, 2.45) is 23.5 Å². The number of halogens is 1. The zero-order valence-corrected chi connectivity index (χ0v) is 18.3. The van der Waals surface area contributed by atoms with Crippen LogP contribution in [0.5, 0.6) is 0 Å². The molecule has 30 heavy (non-hydrogen) atoms. The number of hydrogen-bond acceptors (Lipinski definition) is 3. The van der Waals surface area contributed by atoms with E-state index in [9.17, 15) is 4.79 Å². The van der Waals surface area contributed by atoms with E-state index in [0.717, 1.165) is 24.0 Å². The molecule has 162 valence electrons. The highest BCUT2D eigenvalue weighted by Gasteiger charge is 2.40. The minimum absolute atomic E-state index is 0. The molecule has 0 saturated heterocycles. The molecule has 2 atom stereocenters. The first-order valence-corrected chi connectivity index (χ1v) is 10.9. The molecule has 2 aliphatic carbocycles. The summed E-state index contributed by atoms with van der Waals surface area (Å²) in [7, 11) is 0. The van der Waals surface area contributed by atoms with Crippen molar-refractivity contribution in [1.29, 1.82) is 0 Å². The third-order valence-electron chi connectivity index (χ3n) is 6.65. The number of nitrogens with one attached hydrogen (secondary N) is 1. The molecule has 0 spiro atoms. The average molecular weight is 429 g/mol. The van der Waals surface area contributed by atoms with E-state index in [2.05, 4.69) is 41.7 Å². The van der Waals surface area contributed by atoms with E-state index in [1.807, 2.05) is 18.2 Å². The number of amides is 1. The highest BCUT2D eigenvalue weighted by molar-refractivity contribution is 5.85. The summed E-state index contributed by atoms with van der Waals surface area (Å²) in [6.07, 6.45) is 5.58. The van der Waals surface area contributed by atoms with Crippen molar-refractivity contribution >= 4 is 18.3 Å². The van der Waals surface area contributed by atoms with Gasteiger partial charge in [-0.2, -0.15) is 0 Å². The summed E-state index contributed by atoms with van der Waals surface area (Å²) in [5.41, 5.74) is 9.80. The minimum Gasteiger partial charge on any atom is -0.372 e. The third kappa shape index (κ3) is 5.84. The fourth-order valence-corrected chi connectivity index (χ4v) is 4.95. The molecule has 2 aromatic rings. The number of hydrogen-bond donors (Lipinski definition) is 2. The van der Waals surface area contributed by atoms with Gasteiger partial charge in [0.2, 0.25) is 5.91 Å². The Morgan fingerprint density at radius 2 is 1.47 bits per heavy atom. The van der Waals surface area contributed by atoms with Crippen molar-refractivity contribution in [3.05, 3.63) is 71.3 Å². The van der Waals surface area contributed by atoms with Crippen LogP contribution in [0.1, 0.15) is 48.8 Å². The Morgan fingerprint density at radius 3 is 2.10 bits per heavy atom. The predicted octanol–water partition coefficient (Wildman–Crippen LogP) is 4.60. The first kappa shape index (κ1) is 22.8. The van der Waals surface area contributed by atoms with E-state index < -0.39 is 0 Å². The lowest BCUT2D eigenvalue weighted by atomic mass is 9.65. The molecule has 2 saturated carbocycles. The molecule has 0 aromatic heterocycles. The third-order valence-corrected chi connectivity index (χ3v) is 6.65. The zero-order chi connectivity index (χ0) is 20.1. The highest BCUT2D eigenvalue weighted by Crippen LogP contribution is 2.41. The van der Waals surface area contributed by atoms with Crippen molar-refractivity contribution < 1.29 is 9.53 Å². The Balaban J connectivity index is 0.00000256. The first-order valence-electron chi connectivity index (χ1n) is 10.9. The van der Waals surface area contributed by atoms with E-state index in [-0.39, 0.29) is 24.2 Å². The summed E-state index contributed by atoms with van der Waals surface area (Å²) in [5, 5.41) is 3.15. The fourth-order valence-electron chi connectivity index (χ4n) is 4.95. The van der Waals surface area contributed by atoms with Gasteiger partial charge in [-0.15, -0.1) is 12.4 Å². The van der Waals surface area contributed by atoms with Crippen LogP contribution in [0.4, 0.5) is 0 Å². The fraction of sp³-hybridized carbons (Fsp3) is 0.480. The van der Waals surface area contributed by atoms with Gasteiger partial charge >= 0.3 is 0 Å². The van der Waals surface area contributed by atoms with Gasteiger partial charge in [0.05, 0.1) is 13.2 Å². The Bertz CT molecular complexity index is 783. The molecule has 5 heteroatoms.